The molecule has 2 N–H and O–H groups in total. The van der Waals surface area contributed by atoms with E-state index in [4.69, 9.17) is 5.11 Å². The molecular weight excluding hydrogens is 371 g/mol. The smallest absolute Gasteiger partial charge is 0.321 e. The van der Waals surface area contributed by atoms with Gasteiger partial charge in [0.1, 0.15) is 0 Å². The van der Waals surface area contributed by atoms with Crippen LogP contribution in [-0.2, 0) is 4.79 Å². The summed E-state index contributed by atoms with van der Waals surface area (Å²) in [6.07, 6.45) is 0.628. The summed E-state index contributed by atoms with van der Waals surface area (Å²) < 4.78 is 1.10. The normalized spacial score (nSPS) is 22.4. The zero-order valence-electron chi connectivity index (χ0n) is 11.2. The number of carbonyl (C=O) groups excluding carboxylic acids is 1. The van der Waals surface area contributed by atoms with Crippen molar-refractivity contribution in [1.82, 2.24) is 4.90 Å². The van der Waals surface area contributed by atoms with Gasteiger partial charge >= 0.3 is 12.0 Å². The number of carboxylic acids is 1. The molecule has 1 aromatic carbocycles. The van der Waals surface area contributed by atoms with E-state index >= 15 is 0 Å². The van der Waals surface area contributed by atoms with Crippen LogP contribution in [-0.4, -0.2) is 35.1 Å². The van der Waals surface area contributed by atoms with Crippen LogP contribution in [0.15, 0.2) is 24.3 Å². The largest absolute Gasteiger partial charge is 0.481 e. The van der Waals surface area contributed by atoms with Crippen molar-refractivity contribution in [3.8, 4) is 0 Å². The van der Waals surface area contributed by atoms with E-state index in [1.807, 2.05) is 31.2 Å². The summed E-state index contributed by atoms with van der Waals surface area (Å²) in [5.74, 6) is -1.10. The second-order valence-electron chi connectivity index (χ2n) is 5.22. The van der Waals surface area contributed by atoms with Crippen LogP contribution in [0.3, 0.4) is 0 Å². The van der Waals surface area contributed by atoms with E-state index in [1.54, 1.807) is 4.90 Å². The molecule has 0 radical (unpaired) electrons. The Bertz CT molecular complexity index is 504. The Kier molecular flexibility index (Phi) is 4.85. The van der Waals surface area contributed by atoms with Gasteiger partial charge in [0.05, 0.1) is 5.92 Å². The van der Waals surface area contributed by atoms with Crippen molar-refractivity contribution in [3.63, 3.8) is 0 Å². The minimum Gasteiger partial charge on any atom is -0.481 e. The van der Waals surface area contributed by atoms with Crippen molar-refractivity contribution in [1.29, 1.82) is 0 Å². The van der Waals surface area contributed by atoms with E-state index < -0.39 is 11.9 Å². The fourth-order valence-corrected chi connectivity index (χ4v) is 2.79. The fourth-order valence-electron chi connectivity index (χ4n) is 2.43. The predicted octanol–water partition coefficient (Wildman–Crippen LogP) is 2.87. The molecule has 1 aromatic rings. The van der Waals surface area contributed by atoms with Crippen molar-refractivity contribution in [3.05, 3.63) is 27.8 Å². The zero-order chi connectivity index (χ0) is 14.7. The number of piperidine rings is 1. The predicted molar refractivity (Wildman–Crippen MR) is 84.7 cm³/mol. The van der Waals surface area contributed by atoms with Gasteiger partial charge < -0.3 is 15.3 Å². The molecule has 0 spiro atoms. The minimum absolute atomic E-state index is 0.201. The highest BCUT2D eigenvalue weighted by Gasteiger charge is 2.31. The van der Waals surface area contributed by atoms with Gasteiger partial charge in [0, 0.05) is 22.3 Å². The van der Waals surface area contributed by atoms with Crippen LogP contribution in [0, 0.1) is 15.4 Å². The monoisotopic (exact) mass is 388 g/mol. The van der Waals surface area contributed by atoms with Crippen LogP contribution < -0.4 is 5.32 Å². The first-order chi connectivity index (χ1) is 9.45. The second kappa shape index (κ2) is 6.43. The van der Waals surface area contributed by atoms with Crippen molar-refractivity contribution >= 4 is 40.3 Å². The van der Waals surface area contributed by atoms with Crippen molar-refractivity contribution in [2.45, 2.75) is 13.3 Å². The number of rotatable bonds is 2. The lowest BCUT2D eigenvalue weighted by Crippen LogP contribution is -2.47. The van der Waals surface area contributed by atoms with Crippen molar-refractivity contribution in [2.75, 3.05) is 18.4 Å². The van der Waals surface area contributed by atoms with Gasteiger partial charge in [-0.25, -0.2) is 4.79 Å². The molecule has 6 heteroatoms. The van der Waals surface area contributed by atoms with Crippen LogP contribution in [0.25, 0.3) is 0 Å². The summed E-state index contributed by atoms with van der Waals surface area (Å²) in [5, 5.41) is 11.9. The number of benzene rings is 1. The average molecular weight is 388 g/mol. The van der Waals surface area contributed by atoms with Gasteiger partial charge in [0.25, 0.3) is 0 Å². The Labute approximate surface area is 131 Å². The quantitative estimate of drug-likeness (QED) is 0.766. The molecule has 1 aliphatic heterocycles. The number of nitrogens with one attached hydrogen (secondary N) is 1. The molecular formula is C14H17IN2O3. The highest BCUT2D eigenvalue weighted by Crippen LogP contribution is 2.22. The van der Waals surface area contributed by atoms with E-state index in [0.717, 1.165) is 9.26 Å². The number of urea groups is 1. The van der Waals surface area contributed by atoms with E-state index in [1.165, 1.54) is 0 Å². The van der Waals surface area contributed by atoms with Crippen molar-refractivity contribution in [2.24, 2.45) is 11.8 Å². The summed E-state index contributed by atoms with van der Waals surface area (Å²) in [6.45, 7) is 2.84. The first-order valence-electron chi connectivity index (χ1n) is 6.50. The molecule has 0 aromatic heterocycles. The maximum Gasteiger partial charge on any atom is 0.321 e. The molecule has 2 rings (SSSR count). The molecule has 1 fully saturated rings. The number of aliphatic carboxylic acids is 1. The SMILES string of the molecule is CC1CC(C(=O)O)CN(C(=O)Nc2ccc(I)cc2)C1. The van der Waals surface area contributed by atoms with Gasteiger partial charge in [0.15, 0.2) is 0 Å². The van der Waals surface area contributed by atoms with E-state index in [-0.39, 0.29) is 18.5 Å². The Morgan fingerprint density at radius 2 is 1.95 bits per heavy atom. The van der Waals surface area contributed by atoms with Gasteiger partial charge in [-0.1, -0.05) is 6.92 Å². The summed E-state index contributed by atoms with van der Waals surface area (Å²) >= 11 is 2.20. The Hall–Kier alpha value is -1.31. The first kappa shape index (κ1) is 15.1. The average Bonchev–Trinajstić information content (AvgIpc) is 2.40. The molecule has 108 valence electrons. The molecule has 0 saturated carbocycles. The Morgan fingerprint density at radius 3 is 2.55 bits per heavy atom. The van der Waals surface area contributed by atoms with E-state index in [0.29, 0.717) is 13.0 Å². The van der Waals surface area contributed by atoms with Crippen LogP contribution in [0.1, 0.15) is 13.3 Å². The highest BCUT2D eigenvalue weighted by atomic mass is 127. The number of nitrogens with zero attached hydrogens (tertiary/aromatic N) is 1. The molecule has 20 heavy (non-hydrogen) atoms. The van der Waals surface area contributed by atoms with E-state index in [2.05, 4.69) is 27.9 Å². The van der Waals surface area contributed by atoms with Crippen LogP contribution >= 0.6 is 22.6 Å². The molecule has 1 aliphatic rings. The van der Waals surface area contributed by atoms with Gasteiger partial charge in [0.2, 0.25) is 0 Å². The molecule has 2 atom stereocenters. The Balaban J connectivity index is 2.01. The number of likely N-dealkylation sites (tertiary alicyclic amines) is 1. The summed E-state index contributed by atoms with van der Waals surface area (Å²) in [4.78, 5) is 24.9. The number of anilines is 1. The van der Waals surface area contributed by atoms with Gasteiger partial charge in [-0.3, -0.25) is 4.79 Å². The van der Waals surface area contributed by atoms with E-state index in [9.17, 15) is 9.59 Å². The van der Waals surface area contributed by atoms with Gasteiger partial charge in [-0.15, -0.1) is 0 Å². The van der Waals surface area contributed by atoms with Crippen molar-refractivity contribution < 1.29 is 14.7 Å². The number of hydrogen-bond donors (Lipinski definition) is 2. The number of carbonyl (C=O) groups is 2. The zero-order valence-corrected chi connectivity index (χ0v) is 13.3. The number of hydrogen-bond acceptors (Lipinski definition) is 2. The molecule has 0 aliphatic carbocycles. The minimum atomic E-state index is -0.830. The van der Waals surface area contributed by atoms with Crippen LogP contribution in [0.5, 0.6) is 0 Å². The number of halogens is 1. The molecule has 2 amide bonds. The highest BCUT2D eigenvalue weighted by molar-refractivity contribution is 14.1. The molecule has 1 heterocycles. The maximum atomic E-state index is 12.2. The summed E-state index contributed by atoms with van der Waals surface area (Å²) in [6, 6.07) is 7.26. The Morgan fingerprint density at radius 1 is 1.30 bits per heavy atom. The topological polar surface area (TPSA) is 69.6 Å². The standard InChI is InChI=1S/C14H17IN2O3/c1-9-6-10(13(18)19)8-17(7-9)14(20)16-12-4-2-11(15)3-5-12/h2-5,9-10H,6-8H2,1H3,(H,16,20)(H,18,19). The summed E-state index contributed by atoms with van der Waals surface area (Å²) in [7, 11) is 0. The fraction of sp³-hybridized carbons (Fsp3) is 0.429. The lowest BCUT2D eigenvalue weighted by Gasteiger charge is -2.34. The molecule has 0 bridgehead atoms. The maximum absolute atomic E-state index is 12.2. The van der Waals surface area contributed by atoms with Crippen LogP contribution in [0.4, 0.5) is 10.5 Å². The first-order valence-corrected chi connectivity index (χ1v) is 7.58. The van der Waals surface area contributed by atoms with Gasteiger partial charge in [-0.2, -0.15) is 0 Å². The second-order valence-corrected chi connectivity index (χ2v) is 6.46. The third kappa shape index (κ3) is 3.84. The molecule has 1 saturated heterocycles. The summed E-state index contributed by atoms with van der Waals surface area (Å²) in [5.41, 5.74) is 0.723. The lowest BCUT2D eigenvalue weighted by molar-refractivity contribution is -0.143. The molecule has 5 nitrogen and oxygen atoms in total. The van der Waals surface area contributed by atoms with Crippen LogP contribution in [0.2, 0.25) is 0 Å². The molecule has 2 unspecified atom stereocenters. The van der Waals surface area contributed by atoms with Gasteiger partial charge in [-0.05, 0) is 59.2 Å². The third-order valence-electron chi connectivity index (χ3n) is 3.39. The number of carboxylic acid groups (broad SMARTS) is 1. The number of amides is 2. The third-order valence-corrected chi connectivity index (χ3v) is 4.11. The lowest BCUT2D eigenvalue weighted by atomic mass is 9.91.